The molecule has 1 aromatic heterocycles. The quantitative estimate of drug-likeness (QED) is 0.826. The van der Waals surface area contributed by atoms with Crippen molar-refractivity contribution in [2.75, 3.05) is 51.3 Å². The topological polar surface area (TPSA) is 40.6 Å². The minimum absolute atomic E-state index is 0.693. The van der Waals surface area contributed by atoms with Crippen LogP contribution in [0.15, 0.2) is 18.2 Å². The summed E-state index contributed by atoms with van der Waals surface area (Å²) in [5.74, 6) is 1.72. The standard InChI is InChI=1S/C13H20N4O/c1-18-13-4-2-3-12(15-13)17-9-11(10-17)16-7-5-14-6-8-16/h2-4,11,14H,5-10H2,1H3. The second-order valence-corrected chi connectivity index (χ2v) is 4.88. The van der Waals surface area contributed by atoms with Crippen LogP contribution in [-0.2, 0) is 0 Å². The molecule has 0 bridgehead atoms. The SMILES string of the molecule is COc1cccc(N2CC(N3CCNCC3)C2)n1. The van der Waals surface area contributed by atoms with Crippen molar-refractivity contribution in [2.24, 2.45) is 0 Å². The summed E-state index contributed by atoms with van der Waals surface area (Å²) in [4.78, 5) is 9.36. The lowest BCUT2D eigenvalue weighted by atomic mass is 10.1. The highest BCUT2D eigenvalue weighted by molar-refractivity contribution is 5.44. The maximum absolute atomic E-state index is 5.16. The second kappa shape index (κ2) is 5.12. The normalized spacial score (nSPS) is 21.7. The lowest BCUT2D eigenvalue weighted by Crippen LogP contribution is -2.63. The number of nitrogens with one attached hydrogen (secondary N) is 1. The molecule has 0 spiro atoms. The van der Waals surface area contributed by atoms with Crippen LogP contribution in [-0.4, -0.2) is 62.3 Å². The van der Waals surface area contributed by atoms with E-state index in [0.29, 0.717) is 11.9 Å². The predicted molar refractivity (Wildman–Crippen MR) is 71.2 cm³/mol. The molecule has 2 aliphatic heterocycles. The number of nitrogens with zero attached hydrogens (tertiary/aromatic N) is 3. The molecule has 5 heteroatoms. The minimum Gasteiger partial charge on any atom is -0.481 e. The molecule has 0 aliphatic carbocycles. The van der Waals surface area contributed by atoms with E-state index in [0.717, 1.165) is 32.0 Å². The highest BCUT2D eigenvalue weighted by Crippen LogP contribution is 2.23. The van der Waals surface area contributed by atoms with Crippen LogP contribution in [0.5, 0.6) is 5.88 Å². The van der Waals surface area contributed by atoms with Gasteiger partial charge in [-0.05, 0) is 6.07 Å². The Morgan fingerprint density at radius 2 is 2.06 bits per heavy atom. The van der Waals surface area contributed by atoms with Gasteiger partial charge in [-0.1, -0.05) is 6.07 Å². The highest BCUT2D eigenvalue weighted by atomic mass is 16.5. The van der Waals surface area contributed by atoms with Crippen molar-refractivity contribution in [1.29, 1.82) is 0 Å². The van der Waals surface area contributed by atoms with Crippen molar-refractivity contribution < 1.29 is 4.74 Å². The number of methoxy groups -OCH3 is 1. The highest BCUT2D eigenvalue weighted by Gasteiger charge is 2.33. The summed E-state index contributed by atoms with van der Waals surface area (Å²) >= 11 is 0. The summed E-state index contributed by atoms with van der Waals surface area (Å²) in [6, 6.07) is 6.63. The third kappa shape index (κ3) is 2.28. The molecule has 2 fully saturated rings. The van der Waals surface area contributed by atoms with Crippen LogP contribution < -0.4 is 15.0 Å². The van der Waals surface area contributed by atoms with E-state index in [2.05, 4.69) is 26.2 Å². The van der Waals surface area contributed by atoms with Crippen LogP contribution in [0.4, 0.5) is 5.82 Å². The molecular weight excluding hydrogens is 228 g/mol. The Labute approximate surface area is 108 Å². The number of anilines is 1. The van der Waals surface area contributed by atoms with Gasteiger partial charge in [0, 0.05) is 51.4 Å². The van der Waals surface area contributed by atoms with Crippen molar-refractivity contribution in [1.82, 2.24) is 15.2 Å². The van der Waals surface area contributed by atoms with Gasteiger partial charge in [0.2, 0.25) is 5.88 Å². The van der Waals surface area contributed by atoms with Gasteiger partial charge in [-0.2, -0.15) is 4.98 Å². The van der Waals surface area contributed by atoms with E-state index in [-0.39, 0.29) is 0 Å². The summed E-state index contributed by atoms with van der Waals surface area (Å²) in [6.45, 7) is 6.75. The Morgan fingerprint density at radius 1 is 1.28 bits per heavy atom. The van der Waals surface area contributed by atoms with E-state index in [4.69, 9.17) is 4.74 Å². The molecule has 3 rings (SSSR count). The van der Waals surface area contributed by atoms with Gasteiger partial charge in [0.15, 0.2) is 0 Å². The number of rotatable bonds is 3. The fraction of sp³-hybridized carbons (Fsp3) is 0.615. The molecule has 2 aliphatic rings. The molecule has 2 saturated heterocycles. The Balaban J connectivity index is 1.57. The van der Waals surface area contributed by atoms with Crippen LogP contribution in [0.25, 0.3) is 0 Å². The summed E-state index contributed by atoms with van der Waals surface area (Å²) < 4.78 is 5.16. The Bertz CT molecular complexity index is 400. The maximum Gasteiger partial charge on any atom is 0.214 e. The lowest BCUT2D eigenvalue weighted by Gasteiger charge is -2.47. The number of pyridine rings is 1. The zero-order chi connectivity index (χ0) is 12.4. The zero-order valence-corrected chi connectivity index (χ0v) is 10.8. The average molecular weight is 248 g/mol. The third-order valence-electron chi connectivity index (χ3n) is 3.77. The van der Waals surface area contributed by atoms with E-state index in [9.17, 15) is 0 Å². The molecule has 0 amide bonds. The molecule has 0 atom stereocenters. The van der Waals surface area contributed by atoms with Gasteiger partial charge in [-0.25, -0.2) is 0 Å². The first-order valence-electron chi connectivity index (χ1n) is 6.57. The first-order valence-corrected chi connectivity index (χ1v) is 6.57. The van der Waals surface area contributed by atoms with E-state index in [1.54, 1.807) is 7.11 Å². The fourth-order valence-corrected chi connectivity index (χ4v) is 2.61. The zero-order valence-electron chi connectivity index (χ0n) is 10.8. The van der Waals surface area contributed by atoms with Gasteiger partial charge < -0.3 is 15.0 Å². The monoisotopic (exact) mass is 248 g/mol. The third-order valence-corrected chi connectivity index (χ3v) is 3.77. The van der Waals surface area contributed by atoms with Gasteiger partial charge in [0.1, 0.15) is 5.82 Å². The average Bonchev–Trinajstić information content (AvgIpc) is 2.39. The van der Waals surface area contributed by atoms with Crippen LogP contribution in [0, 0.1) is 0 Å². The smallest absolute Gasteiger partial charge is 0.214 e. The fourth-order valence-electron chi connectivity index (χ4n) is 2.61. The molecule has 0 unspecified atom stereocenters. The second-order valence-electron chi connectivity index (χ2n) is 4.88. The van der Waals surface area contributed by atoms with Crippen LogP contribution >= 0.6 is 0 Å². The van der Waals surface area contributed by atoms with Crippen LogP contribution in [0.2, 0.25) is 0 Å². The van der Waals surface area contributed by atoms with Gasteiger partial charge in [-0.3, -0.25) is 4.90 Å². The van der Waals surface area contributed by atoms with Gasteiger partial charge in [0.05, 0.1) is 7.11 Å². The first kappa shape index (κ1) is 11.7. The summed E-state index contributed by atoms with van der Waals surface area (Å²) in [5, 5.41) is 3.39. The molecule has 5 nitrogen and oxygen atoms in total. The molecule has 0 aromatic carbocycles. The van der Waals surface area contributed by atoms with E-state index in [1.807, 2.05) is 12.1 Å². The van der Waals surface area contributed by atoms with Gasteiger partial charge in [0.25, 0.3) is 0 Å². The number of aromatic nitrogens is 1. The Kier molecular flexibility index (Phi) is 3.34. The van der Waals surface area contributed by atoms with Crippen LogP contribution in [0.3, 0.4) is 0 Å². The minimum atomic E-state index is 0.693. The Hall–Kier alpha value is -1.33. The molecule has 1 aromatic rings. The molecule has 1 N–H and O–H groups in total. The van der Waals surface area contributed by atoms with E-state index in [1.165, 1.54) is 13.1 Å². The summed E-state index contributed by atoms with van der Waals surface area (Å²) in [6.07, 6.45) is 0. The number of piperazine rings is 1. The molecule has 0 saturated carbocycles. The predicted octanol–water partition coefficient (Wildman–Crippen LogP) is 0.184. The van der Waals surface area contributed by atoms with Crippen molar-refractivity contribution in [3.63, 3.8) is 0 Å². The summed E-state index contributed by atoms with van der Waals surface area (Å²) in [7, 11) is 1.66. The number of ether oxygens (including phenoxy) is 1. The molecule has 98 valence electrons. The largest absolute Gasteiger partial charge is 0.481 e. The Morgan fingerprint density at radius 3 is 2.78 bits per heavy atom. The van der Waals surface area contributed by atoms with Crippen molar-refractivity contribution in [2.45, 2.75) is 6.04 Å². The summed E-state index contributed by atoms with van der Waals surface area (Å²) in [5.41, 5.74) is 0. The molecule has 3 heterocycles. The van der Waals surface area contributed by atoms with Gasteiger partial charge >= 0.3 is 0 Å². The number of hydrogen-bond acceptors (Lipinski definition) is 5. The van der Waals surface area contributed by atoms with Gasteiger partial charge in [-0.15, -0.1) is 0 Å². The van der Waals surface area contributed by atoms with Crippen LogP contribution in [0.1, 0.15) is 0 Å². The molecular formula is C13H20N4O. The lowest BCUT2D eigenvalue weighted by molar-refractivity contribution is 0.147. The van der Waals surface area contributed by atoms with E-state index >= 15 is 0 Å². The molecule has 0 radical (unpaired) electrons. The maximum atomic E-state index is 5.16. The molecule has 18 heavy (non-hydrogen) atoms. The van der Waals surface area contributed by atoms with Crippen molar-refractivity contribution in [3.05, 3.63) is 18.2 Å². The number of hydrogen-bond donors (Lipinski definition) is 1. The van der Waals surface area contributed by atoms with Crippen molar-refractivity contribution >= 4 is 5.82 Å². The van der Waals surface area contributed by atoms with Crippen molar-refractivity contribution in [3.8, 4) is 5.88 Å². The van der Waals surface area contributed by atoms with E-state index < -0.39 is 0 Å². The first-order chi connectivity index (χ1) is 8.86.